The lowest BCUT2D eigenvalue weighted by molar-refractivity contribution is -0.144. The van der Waals surface area contributed by atoms with E-state index in [0.29, 0.717) is 18.4 Å². The van der Waals surface area contributed by atoms with Gasteiger partial charge in [-0.3, -0.25) is 19.7 Å². The van der Waals surface area contributed by atoms with E-state index in [-0.39, 0.29) is 24.3 Å². The first-order chi connectivity index (χ1) is 11.8. The van der Waals surface area contributed by atoms with Gasteiger partial charge in [0.2, 0.25) is 0 Å². The summed E-state index contributed by atoms with van der Waals surface area (Å²) in [6.45, 7) is 0. The Bertz CT molecular complexity index is 679. The third-order valence-corrected chi connectivity index (χ3v) is 4.78. The standard InChI is InChI=1S/C17H20ClNO6/c18-11-5-2-1-4-10(11)17(9-3-6-13(20)15(17)23)19-12(16(24)25)7-8-14(21)22/h1-2,4-5,12-13,19-20H,3,6-9H2,(H,21,22)(H,24,25)/t12-,13-,17+/m0/s1. The summed E-state index contributed by atoms with van der Waals surface area (Å²) in [5, 5.41) is 31.4. The number of carboxylic acids is 2. The largest absolute Gasteiger partial charge is 0.481 e. The number of nitrogens with one attached hydrogen (secondary N) is 1. The molecule has 1 fully saturated rings. The number of aliphatic carboxylic acids is 2. The van der Waals surface area contributed by atoms with E-state index in [2.05, 4.69) is 5.32 Å². The van der Waals surface area contributed by atoms with Crippen molar-refractivity contribution < 1.29 is 29.7 Å². The smallest absolute Gasteiger partial charge is 0.320 e. The van der Waals surface area contributed by atoms with Crippen LogP contribution >= 0.6 is 11.6 Å². The molecular formula is C17H20ClNO6. The zero-order chi connectivity index (χ0) is 18.6. The summed E-state index contributed by atoms with van der Waals surface area (Å²) in [6.07, 6.45) is -0.731. The van der Waals surface area contributed by atoms with Gasteiger partial charge in [0.1, 0.15) is 17.7 Å². The highest BCUT2D eigenvalue weighted by molar-refractivity contribution is 6.31. The van der Waals surface area contributed by atoms with Crippen molar-refractivity contribution in [1.82, 2.24) is 5.32 Å². The van der Waals surface area contributed by atoms with Gasteiger partial charge in [0.25, 0.3) is 0 Å². The van der Waals surface area contributed by atoms with Crippen molar-refractivity contribution in [2.75, 3.05) is 0 Å². The molecule has 136 valence electrons. The Kier molecular flexibility index (Phi) is 6.16. The summed E-state index contributed by atoms with van der Waals surface area (Å²) in [7, 11) is 0. The molecule has 0 aromatic heterocycles. The van der Waals surface area contributed by atoms with Crippen LogP contribution in [-0.2, 0) is 19.9 Å². The van der Waals surface area contributed by atoms with Gasteiger partial charge in [-0.05, 0) is 37.3 Å². The molecule has 0 saturated heterocycles. The summed E-state index contributed by atoms with van der Waals surface area (Å²) in [4.78, 5) is 35.2. The van der Waals surface area contributed by atoms with Crippen LogP contribution in [0.5, 0.6) is 0 Å². The molecule has 0 spiro atoms. The van der Waals surface area contributed by atoms with Crippen molar-refractivity contribution in [3.63, 3.8) is 0 Å². The molecule has 1 aliphatic rings. The number of aliphatic hydroxyl groups excluding tert-OH is 1. The first-order valence-corrected chi connectivity index (χ1v) is 8.35. The van der Waals surface area contributed by atoms with E-state index in [1.807, 2.05) is 0 Å². The van der Waals surface area contributed by atoms with Gasteiger partial charge < -0.3 is 15.3 Å². The second-order valence-electron chi connectivity index (χ2n) is 6.13. The van der Waals surface area contributed by atoms with Crippen LogP contribution < -0.4 is 5.32 Å². The highest BCUT2D eigenvalue weighted by Gasteiger charge is 2.48. The number of carbonyl (C=O) groups excluding carboxylic acids is 1. The third kappa shape index (κ3) is 4.18. The summed E-state index contributed by atoms with van der Waals surface area (Å²) >= 11 is 6.24. The van der Waals surface area contributed by atoms with Crippen molar-refractivity contribution in [3.05, 3.63) is 34.9 Å². The Hall–Kier alpha value is -1.96. The molecule has 0 aliphatic heterocycles. The Balaban J connectivity index is 2.44. The molecule has 7 nitrogen and oxygen atoms in total. The summed E-state index contributed by atoms with van der Waals surface area (Å²) < 4.78 is 0. The van der Waals surface area contributed by atoms with Crippen LogP contribution in [0.3, 0.4) is 0 Å². The maximum absolute atomic E-state index is 12.8. The highest BCUT2D eigenvalue weighted by Crippen LogP contribution is 2.38. The number of hydrogen-bond acceptors (Lipinski definition) is 5. The van der Waals surface area contributed by atoms with Crippen LogP contribution in [0.15, 0.2) is 24.3 Å². The van der Waals surface area contributed by atoms with Gasteiger partial charge in [0.05, 0.1) is 0 Å². The maximum Gasteiger partial charge on any atom is 0.320 e. The average Bonchev–Trinajstić information content (AvgIpc) is 2.55. The molecule has 0 amide bonds. The number of benzene rings is 1. The van der Waals surface area contributed by atoms with Crippen LogP contribution in [-0.4, -0.2) is 45.2 Å². The third-order valence-electron chi connectivity index (χ3n) is 4.45. The van der Waals surface area contributed by atoms with E-state index in [9.17, 15) is 24.6 Å². The number of aliphatic hydroxyl groups is 1. The Morgan fingerprint density at radius 2 is 2.00 bits per heavy atom. The van der Waals surface area contributed by atoms with Crippen LogP contribution in [0, 0.1) is 0 Å². The van der Waals surface area contributed by atoms with Gasteiger partial charge in [-0.1, -0.05) is 29.8 Å². The van der Waals surface area contributed by atoms with Crippen LogP contribution in [0.2, 0.25) is 5.02 Å². The van der Waals surface area contributed by atoms with E-state index in [0.717, 1.165) is 0 Å². The molecule has 0 heterocycles. The molecule has 0 unspecified atom stereocenters. The van der Waals surface area contributed by atoms with E-state index in [4.69, 9.17) is 16.7 Å². The van der Waals surface area contributed by atoms with Crippen molar-refractivity contribution in [3.8, 4) is 0 Å². The predicted molar refractivity (Wildman–Crippen MR) is 89.4 cm³/mol. The summed E-state index contributed by atoms with van der Waals surface area (Å²) in [5.74, 6) is -2.94. The number of halogens is 1. The van der Waals surface area contributed by atoms with Crippen LogP contribution in [0.4, 0.5) is 0 Å². The number of rotatable bonds is 7. The van der Waals surface area contributed by atoms with E-state index in [1.54, 1.807) is 24.3 Å². The summed E-state index contributed by atoms with van der Waals surface area (Å²) in [6, 6.07) is 5.29. The van der Waals surface area contributed by atoms with E-state index in [1.165, 1.54) is 0 Å². The maximum atomic E-state index is 12.8. The number of hydrogen-bond donors (Lipinski definition) is 4. The highest BCUT2D eigenvalue weighted by atomic mass is 35.5. The van der Waals surface area contributed by atoms with Gasteiger partial charge in [0, 0.05) is 11.4 Å². The number of ketones is 1. The van der Waals surface area contributed by atoms with Crippen molar-refractivity contribution in [2.45, 2.75) is 49.8 Å². The Morgan fingerprint density at radius 1 is 1.32 bits per heavy atom. The fourth-order valence-corrected chi connectivity index (χ4v) is 3.51. The minimum Gasteiger partial charge on any atom is -0.481 e. The number of carboxylic acid groups (broad SMARTS) is 2. The molecule has 1 aliphatic carbocycles. The van der Waals surface area contributed by atoms with Gasteiger partial charge in [0.15, 0.2) is 5.78 Å². The number of Topliss-reactive ketones (excluding diaryl/α,β-unsaturated/α-hetero) is 1. The molecule has 1 saturated carbocycles. The fraction of sp³-hybridized carbons (Fsp3) is 0.471. The molecule has 2 rings (SSSR count). The second-order valence-corrected chi connectivity index (χ2v) is 6.53. The van der Waals surface area contributed by atoms with E-state index < -0.39 is 35.4 Å². The van der Waals surface area contributed by atoms with Crippen LogP contribution in [0.25, 0.3) is 0 Å². The Labute approximate surface area is 149 Å². The lowest BCUT2D eigenvalue weighted by Crippen LogP contribution is -2.60. The van der Waals surface area contributed by atoms with Crippen molar-refractivity contribution >= 4 is 29.3 Å². The molecule has 3 atom stereocenters. The molecule has 1 aromatic rings. The topological polar surface area (TPSA) is 124 Å². The predicted octanol–water partition coefficient (Wildman–Crippen LogP) is 1.56. The second kappa shape index (κ2) is 7.95. The normalized spacial score (nSPS) is 24.7. The van der Waals surface area contributed by atoms with Crippen molar-refractivity contribution in [2.24, 2.45) is 0 Å². The Morgan fingerprint density at radius 3 is 2.60 bits per heavy atom. The quantitative estimate of drug-likeness (QED) is 0.574. The van der Waals surface area contributed by atoms with Gasteiger partial charge in [-0.25, -0.2) is 0 Å². The van der Waals surface area contributed by atoms with Gasteiger partial charge in [-0.2, -0.15) is 0 Å². The molecule has 1 aromatic carbocycles. The first kappa shape index (κ1) is 19.4. The molecule has 0 bridgehead atoms. The number of carbonyl (C=O) groups is 3. The minimum atomic E-state index is -1.46. The first-order valence-electron chi connectivity index (χ1n) is 7.97. The zero-order valence-electron chi connectivity index (χ0n) is 13.4. The van der Waals surface area contributed by atoms with E-state index >= 15 is 0 Å². The van der Waals surface area contributed by atoms with Gasteiger partial charge in [-0.15, -0.1) is 0 Å². The molecular weight excluding hydrogens is 350 g/mol. The lowest BCUT2D eigenvalue weighted by Gasteiger charge is -2.41. The zero-order valence-corrected chi connectivity index (χ0v) is 14.2. The monoisotopic (exact) mass is 369 g/mol. The summed E-state index contributed by atoms with van der Waals surface area (Å²) in [5.41, 5.74) is -1.07. The molecule has 8 heteroatoms. The van der Waals surface area contributed by atoms with Gasteiger partial charge >= 0.3 is 11.9 Å². The molecule has 0 radical (unpaired) electrons. The van der Waals surface area contributed by atoms with Crippen molar-refractivity contribution in [1.29, 1.82) is 0 Å². The fourth-order valence-electron chi connectivity index (χ4n) is 3.22. The lowest BCUT2D eigenvalue weighted by atomic mass is 9.73. The van der Waals surface area contributed by atoms with Crippen LogP contribution in [0.1, 0.15) is 37.7 Å². The average molecular weight is 370 g/mol. The molecule has 25 heavy (non-hydrogen) atoms. The minimum absolute atomic E-state index is 0.194. The molecule has 4 N–H and O–H groups in total. The SMILES string of the molecule is O=C(O)CC[C@H](N[C@@]1(c2ccccc2Cl)CCC[C@H](O)C1=O)C(=O)O.